The summed E-state index contributed by atoms with van der Waals surface area (Å²) in [5.74, 6) is -14.7. The second kappa shape index (κ2) is 9.55. The van der Waals surface area contributed by atoms with Crippen molar-refractivity contribution in [2.24, 2.45) is 0 Å². The Labute approximate surface area is 207 Å². The van der Waals surface area contributed by atoms with Crippen LogP contribution in [0, 0.1) is 6.92 Å². The quantitative estimate of drug-likeness (QED) is 0.175. The van der Waals surface area contributed by atoms with Gasteiger partial charge in [0, 0.05) is 0 Å². The zero-order chi connectivity index (χ0) is 27.9. The number of alkyl halides is 9. The van der Waals surface area contributed by atoms with Crippen LogP contribution in [0.5, 0.6) is 0 Å². The summed E-state index contributed by atoms with van der Waals surface area (Å²) in [5.41, 5.74) is 0.629. The molecular formula is C23H18F9O3S2+. The fourth-order valence-corrected chi connectivity index (χ4v) is 8.44. The van der Waals surface area contributed by atoms with Gasteiger partial charge in [-0.2, -0.15) is 39.5 Å². The van der Waals surface area contributed by atoms with E-state index in [4.69, 9.17) is 3.29 Å². The lowest BCUT2D eigenvalue weighted by Crippen LogP contribution is -2.63. The highest BCUT2D eigenvalue weighted by Gasteiger charge is 2.88. The molecule has 3 nitrogen and oxygen atoms in total. The van der Waals surface area contributed by atoms with Crippen molar-refractivity contribution in [2.75, 3.05) is 0 Å². The molecule has 37 heavy (non-hydrogen) atoms. The second-order valence-corrected chi connectivity index (χ2v) is 12.2. The van der Waals surface area contributed by atoms with E-state index in [1.807, 2.05) is 0 Å². The number of hydrogen-bond donors (Lipinski definition) is 1. The molecule has 3 aromatic rings. The molecule has 0 aliphatic rings. The summed E-state index contributed by atoms with van der Waals surface area (Å²) in [7, 11) is -10.8. The van der Waals surface area contributed by atoms with Crippen LogP contribution in [0.25, 0.3) is 0 Å². The Hall–Kier alpha value is -2.71. The smallest absolute Gasteiger partial charge is 0.240 e. The van der Waals surface area contributed by atoms with Crippen LogP contribution in [0.1, 0.15) is 5.56 Å². The fraction of sp³-hybridized carbons (Fsp3) is 0.217. The van der Waals surface area contributed by atoms with Gasteiger partial charge in [0.05, 0.1) is 14.7 Å². The largest absolute Gasteiger partial charge is 0.497 e. The minimum absolute atomic E-state index is 0.0982. The Bertz CT molecular complexity index is 1310. The molecule has 14 heteroatoms. The van der Waals surface area contributed by atoms with Crippen molar-refractivity contribution >= 4 is 20.4 Å². The molecule has 0 aliphatic heterocycles. The highest BCUT2D eigenvalue weighted by molar-refractivity contribution is 8.30. The van der Waals surface area contributed by atoms with Crippen molar-refractivity contribution in [3.05, 3.63) is 90.5 Å². The number of benzene rings is 3. The first-order valence-corrected chi connectivity index (χ1v) is 13.1. The van der Waals surface area contributed by atoms with Crippen molar-refractivity contribution in [3.63, 3.8) is 0 Å². The lowest BCUT2D eigenvalue weighted by atomic mass is 10.1. The zero-order valence-corrected chi connectivity index (χ0v) is 20.2. The first-order chi connectivity index (χ1) is 16.9. The summed E-state index contributed by atoms with van der Waals surface area (Å²) in [5, 5.41) is -6.90. The van der Waals surface area contributed by atoms with Crippen molar-refractivity contribution in [2.45, 2.75) is 44.9 Å². The molecule has 0 aliphatic carbocycles. The highest BCUT2D eigenvalue weighted by atomic mass is 32.3. The minimum Gasteiger partial charge on any atom is -0.240 e. The third kappa shape index (κ3) is 4.70. The van der Waals surface area contributed by atoms with Crippen LogP contribution in [0.2, 0.25) is 0 Å². The minimum atomic E-state index is -7.38. The fourth-order valence-electron chi connectivity index (χ4n) is 3.18. The van der Waals surface area contributed by atoms with Gasteiger partial charge >= 0.3 is 33.4 Å². The third-order valence-electron chi connectivity index (χ3n) is 5.14. The van der Waals surface area contributed by atoms with E-state index in [0.717, 1.165) is 0 Å². The van der Waals surface area contributed by atoms with Crippen molar-refractivity contribution in [3.8, 4) is 0 Å². The van der Waals surface area contributed by atoms with Crippen LogP contribution < -0.4 is 0 Å². The Morgan fingerprint density at radius 3 is 1.38 bits per heavy atom. The normalized spacial score (nSPS) is 15.6. The van der Waals surface area contributed by atoms with Gasteiger partial charge in [-0.3, -0.25) is 0 Å². The number of halogens is 9. The van der Waals surface area contributed by atoms with Gasteiger partial charge in [-0.15, -0.1) is 7.49 Å². The Morgan fingerprint density at radius 2 is 1.00 bits per heavy atom. The number of aryl methyl sites for hydroxylation is 1. The highest BCUT2D eigenvalue weighted by Crippen LogP contribution is 2.68. The number of rotatable bonds is 7. The molecule has 0 bridgehead atoms. The molecule has 0 heterocycles. The molecule has 0 fully saturated rings. The monoisotopic (exact) mass is 577 g/mol. The third-order valence-corrected chi connectivity index (χ3v) is 10.4. The van der Waals surface area contributed by atoms with Crippen LogP contribution in [0.4, 0.5) is 39.5 Å². The summed E-state index contributed by atoms with van der Waals surface area (Å²) < 4.78 is 151. The van der Waals surface area contributed by atoms with E-state index in [1.165, 1.54) is 84.9 Å². The van der Waals surface area contributed by atoms with Gasteiger partial charge in [0.25, 0.3) is 0 Å². The summed E-state index contributed by atoms with van der Waals surface area (Å²) in [4.78, 5) is -0.305. The van der Waals surface area contributed by atoms with E-state index in [9.17, 15) is 48.3 Å². The van der Waals surface area contributed by atoms with Crippen LogP contribution in [0.3, 0.4) is 0 Å². The van der Waals surface area contributed by atoms with E-state index in [2.05, 4.69) is 0 Å². The molecule has 3 rings (SSSR count). The maximum absolute atomic E-state index is 14.8. The predicted octanol–water partition coefficient (Wildman–Crippen LogP) is 8.26. The average Bonchev–Trinajstić information content (AvgIpc) is 2.83. The first-order valence-electron chi connectivity index (χ1n) is 10.1. The van der Waals surface area contributed by atoms with Crippen molar-refractivity contribution < 1.29 is 51.6 Å². The van der Waals surface area contributed by atoms with Gasteiger partial charge in [0.2, 0.25) is 0 Å². The van der Waals surface area contributed by atoms with Crippen LogP contribution in [0.15, 0.2) is 99.6 Å². The molecule has 0 aromatic heterocycles. The van der Waals surface area contributed by atoms with Crippen molar-refractivity contribution in [1.82, 2.24) is 0 Å². The van der Waals surface area contributed by atoms with Crippen LogP contribution in [-0.4, -0.2) is 32.0 Å². The van der Waals surface area contributed by atoms with Gasteiger partial charge < -0.3 is 0 Å². The molecule has 3 aromatic carbocycles. The van der Waals surface area contributed by atoms with Gasteiger partial charge in [0.15, 0.2) is 10.3 Å². The molecule has 0 spiro atoms. The molecule has 1 N–H and O–H groups in total. The van der Waals surface area contributed by atoms with Gasteiger partial charge in [-0.1, -0.05) is 54.1 Å². The van der Waals surface area contributed by atoms with E-state index in [1.54, 1.807) is 6.92 Å². The van der Waals surface area contributed by atoms with E-state index >= 15 is 0 Å². The van der Waals surface area contributed by atoms with Crippen molar-refractivity contribution in [1.29, 1.82) is 0 Å². The summed E-state index contributed by atoms with van der Waals surface area (Å²) in [6.07, 6.45) is -7.17. The topological polar surface area (TPSA) is 48.6 Å². The molecule has 1 atom stereocenters. The Kier molecular flexibility index (Phi) is 7.45. The van der Waals surface area contributed by atoms with Gasteiger partial charge in [-0.05, 0) is 43.3 Å². The van der Waals surface area contributed by atoms with Gasteiger partial charge in [-0.25, -0.2) is 4.55 Å². The van der Waals surface area contributed by atoms with E-state index in [0.29, 0.717) is 5.56 Å². The SMILES string of the molecule is Cc1ccc(S([O+]=S(=O)(O)C(F)(F)C(F)(F)C(F)(F)C(F)(F)F)(c2ccccc2)c2ccccc2)cc1. The predicted molar refractivity (Wildman–Crippen MR) is 119 cm³/mol. The maximum atomic E-state index is 14.8. The second-order valence-electron chi connectivity index (χ2n) is 7.70. The van der Waals surface area contributed by atoms with E-state index < -0.39 is 43.7 Å². The molecule has 0 radical (unpaired) electrons. The zero-order valence-electron chi connectivity index (χ0n) is 18.6. The van der Waals surface area contributed by atoms with Gasteiger partial charge in [0.1, 0.15) is 0 Å². The summed E-state index contributed by atoms with van der Waals surface area (Å²) >= 11 is 0. The van der Waals surface area contributed by atoms with Crippen LogP contribution >= 0.6 is 10.3 Å². The summed E-state index contributed by atoms with van der Waals surface area (Å²) in [6.45, 7) is 1.63. The average molecular weight is 578 g/mol. The Morgan fingerprint density at radius 1 is 0.622 bits per heavy atom. The molecule has 1 unspecified atom stereocenters. The van der Waals surface area contributed by atoms with E-state index in [-0.39, 0.29) is 14.7 Å². The molecule has 202 valence electrons. The maximum Gasteiger partial charge on any atom is 0.497 e. The number of hydrogen-bond acceptors (Lipinski definition) is 1. The lowest BCUT2D eigenvalue weighted by Gasteiger charge is -2.31. The molecule has 0 saturated heterocycles. The molecule has 0 saturated carbocycles. The summed E-state index contributed by atoms with van der Waals surface area (Å²) in [6, 6.07) is 18.8. The molecule has 0 amide bonds. The first kappa shape index (κ1) is 28.9. The molecular weight excluding hydrogens is 559 g/mol. The Balaban J connectivity index is 2.47. The van der Waals surface area contributed by atoms with Crippen LogP contribution in [-0.2, 0) is 13.4 Å². The standard InChI is InChI=1S/C23H17F9O3S2/c1-16-12-14-19(15-13-16)36(17-8-4-2-5-9-17,18-10-6-3-7-11-18)35-37(33,34)23(31,32)21(26,27)20(24,25)22(28,29)30/h2-15H,1H3/p+1. The lowest BCUT2D eigenvalue weighted by molar-refractivity contribution is -0.382.